The van der Waals surface area contributed by atoms with Crippen molar-refractivity contribution in [3.8, 4) is 0 Å². The maximum absolute atomic E-state index is 12.9. The Morgan fingerprint density at radius 3 is 2.50 bits per heavy atom. The third-order valence-corrected chi connectivity index (χ3v) is 4.19. The number of nitrogens with one attached hydrogen (secondary N) is 2. The van der Waals surface area contributed by atoms with Crippen LogP contribution >= 0.6 is 0 Å². The second-order valence-electron chi connectivity index (χ2n) is 6.16. The van der Waals surface area contributed by atoms with E-state index in [4.69, 9.17) is 0 Å². The highest BCUT2D eigenvalue weighted by molar-refractivity contribution is 5.91. The van der Waals surface area contributed by atoms with E-state index in [-0.39, 0.29) is 18.1 Å². The van der Waals surface area contributed by atoms with E-state index in [1.807, 2.05) is 18.2 Å². The second-order valence-corrected chi connectivity index (χ2v) is 6.16. The molecule has 0 aliphatic rings. The number of amides is 1. The SMILES string of the molecule is Cc1cccc(Nc2ccc(NC(=O)Cc3ccc(F)cc3)nc2)c1C. The lowest BCUT2D eigenvalue weighted by molar-refractivity contribution is -0.115. The van der Waals surface area contributed by atoms with Gasteiger partial charge in [-0.05, 0) is 60.9 Å². The number of anilines is 3. The number of carbonyl (C=O) groups excluding carboxylic acids is 1. The molecule has 3 rings (SSSR count). The average molecular weight is 349 g/mol. The van der Waals surface area contributed by atoms with Gasteiger partial charge in [0.25, 0.3) is 0 Å². The van der Waals surface area contributed by atoms with Crippen molar-refractivity contribution in [2.45, 2.75) is 20.3 Å². The molecule has 1 amide bonds. The fourth-order valence-electron chi connectivity index (χ4n) is 2.56. The molecule has 5 heteroatoms. The monoisotopic (exact) mass is 349 g/mol. The summed E-state index contributed by atoms with van der Waals surface area (Å²) in [5.74, 6) is -0.0364. The Morgan fingerprint density at radius 1 is 1.04 bits per heavy atom. The number of hydrogen-bond donors (Lipinski definition) is 2. The number of aromatic nitrogens is 1. The maximum atomic E-state index is 12.9. The quantitative estimate of drug-likeness (QED) is 0.698. The number of pyridine rings is 1. The van der Waals surface area contributed by atoms with Gasteiger partial charge in [0.15, 0.2) is 0 Å². The standard InChI is InChI=1S/C21H20FN3O/c1-14-4-3-5-19(15(14)2)24-18-10-11-20(23-13-18)25-21(26)12-16-6-8-17(22)9-7-16/h3-11,13,24H,12H2,1-2H3,(H,23,25,26). The van der Waals surface area contributed by atoms with Gasteiger partial charge >= 0.3 is 0 Å². The van der Waals surface area contributed by atoms with Gasteiger partial charge < -0.3 is 10.6 Å². The smallest absolute Gasteiger partial charge is 0.229 e. The highest BCUT2D eigenvalue weighted by atomic mass is 19.1. The molecule has 3 aromatic rings. The van der Waals surface area contributed by atoms with Crippen LogP contribution in [0.2, 0.25) is 0 Å². The summed E-state index contributed by atoms with van der Waals surface area (Å²) in [6, 6.07) is 15.6. The maximum Gasteiger partial charge on any atom is 0.229 e. The van der Waals surface area contributed by atoms with E-state index < -0.39 is 0 Å². The molecule has 1 heterocycles. The first kappa shape index (κ1) is 17.6. The highest BCUT2D eigenvalue weighted by Gasteiger charge is 2.06. The number of nitrogens with zero attached hydrogens (tertiary/aromatic N) is 1. The Hall–Kier alpha value is -3.21. The van der Waals surface area contributed by atoms with Gasteiger partial charge in [-0.3, -0.25) is 4.79 Å². The third kappa shape index (κ3) is 4.45. The van der Waals surface area contributed by atoms with Gasteiger partial charge in [-0.25, -0.2) is 9.37 Å². The van der Waals surface area contributed by atoms with Crippen molar-refractivity contribution < 1.29 is 9.18 Å². The van der Waals surface area contributed by atoms with Gasteiger partial charge in [0.2, 0.25) is 5.91 Å². The lowest BCUT2D eigenvalue weighted by Crippen LogP contribution is -2.15. The molecule has 0 unspecified atom stereocenters. The molecule has 0 atom stereocenters. The molecule has 0 bridgehead atoms. The van der Waals surface area contributed by atoms with Crippen LogP contribution in [0.5, 0.6) is 0 Å². The molecular weight excluding hydrogens is 329 g/mol. The van der Waals surface area contributed by atoms with Crippen molar-refractivity contribution >= 4 is 23.1 Å². The minimum absolute atomic E-state index is 0.171. The minimum atomic E-state index is -0.317. The second kappa shape index (κ2) is 7.78. The van der Waals surface area contributed by atoms with Gasteiger partial charge in [-0.1, -0.05) is 24.3 Å². The largest absolute Gasteiger partial charge is 0.354 e. The van der Waals surface area contributed by atoms with Crippen molar-refractivity contribution in [2.75, 3.05) is 10.6 Å². The van der Waals surface area contributed by atoms with Crippen LogP contribution in [0.3, 0.4) is 0 Å². The van der Waals surface area contributed by atoms with Crippen molar-refractivity contribution in [2.24, 2.45) is 0 Å². The normalized spacial score (nSPS) is 10.4. The summed E-state index contributed by atoms with van der Waals surface area (Å²) in [7, 11) is 0. The first-order valence-corrected chi connectivity index (χ1v) is 8.35. The molecule has 26 heavy (non-hydrogen) atoms. The molecule has 0 spiro atoms. The highest BCUT2D eigenvalue weighted by Crippen LogP contribution is 2.22. The van der Waals surface area contributed by atoms with E-state index in [0.717, 1.165) is 16.9 Å². The first-order valence-electron chi connectivity index (χ1n) is 8.35. The van der Waals surface area contributed by atoms with E-state index in [1.165, 1.54) is 23.3 Å². The zero-order valence-electron chi connectivity index (χ0n) is 14.7. The van der Waals surface area contributed by atoms with E-state index >= 15 is 0 Å². The van der Waals surface area contributed by atoms with Crippen LogP contribution in [-0.2, 0) is 11.2 Å². The van der Waals surface area contributed by atoms with Crippen LogP contribution in [0.15, 0.2) is 60.8 Å². The zero-order valence-corrected chi connectivity index (χ0v) is 14.7. The molecule has 0 aliphatic carbocycles. The molecule has 1 aromatic heterocycles. The fourth-order valence-corrected chi connectivity index (χ4v) is 2.56. The Morgan fingerprint density at radius 2 is 1.81 bits per heavy atom. The summed E-state index contributed by atoms with van der Waals surface area (Å²) in [6.45, 7) is 4.13. The van der Waals surface area contributed by atoms with Crippen LogP contribution in [0.1, 0.15) is 16.7 Å². The number of hydrogen-bond acceptors (Lipinski definition) is 3. The zero-order chi connectivity index (χ0) is 18.5. The van der Waals surface area contributed by atoms with Crippen molar-refractivity contribution in [3.63, 3.8) is 0 Å². The summed E-state index contributed by atoms with van der Waals surface area (Å²) < 4.78 is 12.9. The van der Waals surface area contributed by atoms with Gasteiger partial charge in [0.1, 0.15) is 11.6 Å². The number of carbonyl (C=O) groups is 1. The number of rotatable bonds is 5. The van der Waals surface area contributed by atoms with Crippen molar-refractivity contribution in [1.29, 1.82) is 0 Å². The minimum Gasteiger partial charge on any atom is -0.354 e. The lowest BCUT2D eigenvalue weighted by Gasteiger charge is -2.12. The summed E-state index contributed by atoms with van der Waals surface area (Å²) >= 11 is 0. The summed E-state index contributed by atoms with van der Waals surface area (Å²) in [6.07, 6.45) is 1.85. The Labute approximate surface area is 152 Å². The van der Waals surface area contributed by atoms with Crippen LogP contribution in [-0.4, -0.2) is 10.9 Å². The number of benzene rings is 2. The van der Waals surface area contributed by atoms with Gasteiger partial charge in [-0.2, -0.15) is 0 Å². The summed E-state index contributed by atoms with van der Waals surface area (Å²) in [5, 5.41) is 6.07. The van der Waals surface area contributed by atoms with Crippen LogP contribution in [0, 0.1) is 19.7 Å². The topological polar surface area (TPSA) is 54.0 Å². The van der Waals surface area contributed by atoms with Crippen LogP contribution in [0.4, 0.5) is 21.6 Å². The van der Waals surface area contributed by atoms with E-state index in [1.54, 1.807) is 24.4 Å². The molecule has 0 radical (unpaired) electrons. The molecule has 0 aliphatic heterocycles. The molecule has 4 nitrogen and oxygen atoms in total. The van der Waals surface area contributed by atoms with Gasteiger partial charge in [-0.15, -0.1) is 0 Å². The molecule has 2 N–H and O–H groups in total. The van der Waals surface area contributed by atoms with E-state index in [2.05, 4.69) is 35.5 Å². The van der Waals surface area contributed by atoms with Crippen molar-refractivity contribution in [3.05, 3.63) is 83.3 Å². The fraction of sp³-hybridized carbons (Fsp3) is 0.143. The summed E-state index contributed by atoms with van der Waals surface area (Å²) in [4.78, 5) is 16.3. The summed E-state index contributed by atoms with van der Waals surface area (Å²) in [5.41, 5.74) is 5.02. The number of halogens is 1. The predicted octanol–water partition coefficient (Wildman–Crippen LogP) is 4.76. The van der Waals surface area contributed by atoms with Crippen LogP contribution < -0.4 is 10.6 Å². The van der Waals surface area contributed by atoms with Crippen molar-refractivity contribution in [1.82, 2.24) is 4.98 Å². The molecule has 0 fully saturated rings. The van der Waals surface area contributed by atoms with Gasteiger partial charge in [0.05, 0.1) is 18.3 Å². The molecule has 0 saturated heterocycles. The van der Waals surface area contributed by atoms with E-state index in [0.29, 0.717) is 5.82 Å². The molecule has 0 saturated carbocycles. The Bertz CT molecular complexity index is 906. The Kier molecular flexibility index (Phi) is 5.27. The molecule has 2 aromatic carbocycles. The van der Waals surface area contributed by atoms with E-state index in [9.17, 15) is 9.18 Å². The first-order chi connectivity index (χ1) is 12.5. The predicted molar refractivity (Wildman–Crippen MR) is 102 cm³/mol. The lowest BCUT2D eigenvalue weighted by atomic mass is 10.1. The number of aryl methyl sites for hydroxylation is 1. The molecule has 132 valence electrons. The third-order valence-electron chi connectivity index (χ3n) is 4.19. The van der Waals surface area contributed by atoms with Gasteiger partial charge in [0, 0.05) is 5.69 Å². The Balaban J connectivity index is 1.61. The molecular formula is C21H20FN3O. The average Bonchev–Trinajstić information content (AvgIpc) is 2.62. The van der Waals surface area contributed by atoms with Crippen LogP contribution in [0.25, 0.3) is 0 Å².